The molecule has 1 heterocycles. The van der Waals surface area contributed by atoms with Crippen molar-refractivity contribution in [2.24, 2.45) is 0 Å². The van der Waals surface area contributed by atoms with Crippen LogP contribution in [0.4, 0.5) is 13.2 Å². The van der Waals surface area contributed by atoms with E-state index in [0.717, 1.165) is 6.07 Å². The highest BCUT2D eigenvalue weighted by atomic mass is 32.2. The second-order valence-electron chi connectivity index (χ2n) is 4.31. The summed E-state index contributed by atoms with van der Waals surface area (Å²) in [6, 6.07) is 4.29. The van der Waals surface area contributed by atoms with Crippen LogP contribution in [-0.4, -0.2) is 16.5 Å². The minimum absolute atomic E-state index is 0.0495. The van der Waals surface area contributed by atoms with Gasteiger partial charge in [-0.1, -0.05) is 6.07 Å². The summed E-state index contributed by atoms with van der Waals surface area (Å²) in [5.74, 6) is 0. The number of rotatable bonds is 2. The van der Waals surface area contributed by atoms with E-state index < -0.39 is 17.8 Å². The van der Waals surface area contributed by atoms with Crippen molar-refractivity contribution < 1.29 is 18.3 Å². The van der Waals surface area contributed by atoms with Crippen molar-refractivity contribution in [2.45, 2.75) is 42.2 Å². The van der Waals surface area contributed by atoms with Crippen LogP contribution in [-0.2, 0) is 12.6 Å². The molecule has 0 spiro atoms. The number of fused-ring (bicyclic) bond motifs is 1. The van der Waals surface area contributed by atoms with Crippen LogP contribution < -0.4 is 0 Å². The number of alkyl halides is 3. The Hall–Kier alpha value is -0.680. The molecule has 2 rings (SSSR count). The van der Waals surface area contributed by atoms with Gasteiger partial charge < -0.3 is 5.11 Å². The zero-order valence-corrected chi connectivity index (χ0v) is 10.1. The molecule has 0 bridgehead atoms. The lowest BCUT2D eigenvalue weighted by Gasteiger charge is -2.11. The molecular weight excluding hydrogens is 249 g/mol. The third-order valence-electron chi connectivity index (χ3n) is 2.77. The third kappa shape index (κ3) is 2.77. The molecule has 5 heteroatoms. The quantitative estimate of drug-likeness (QED) is 0.880. The number of aliphatic hydroxyl groups excluding tert-OH is 1. The summed E-state index contributed by atoms with van der Waals surface area (Å²) in [4.78, 5) is 0.700. The first kappa shape index (κ1) is 12.8. The van der Waals surface area contributed by atoms with Gasteiger partial charge in [0, 0.05) is 10.1 Å². The summed E-state index contributed by atoms with van der Waals surface area (Å²) in [5, 5.41) is 9.33. The Labute approximate surface area is 102 Å². The first-order valence-electron chi connectivity index (χ1n) is 5.41. The van der Waals surface area contributed by atoms with Crippen LogP contribution in [0.1, 0.15) is 24.5 Å². The van der Waals surface area contributed by atoms with Crippen LogP contribution in [0.3, 0.4) is 0 Å². The fraction of sp³-hybridized carbons (Fsp3) is 0.500. The molecule has 2 atom stereocenters. The van der Waals surface area contributed by atoms with Crippen LogP contribution in [0.25, 0.3) is 0 Å². The summed E-state index contributed by atoms with van der Waals surface area (Å²) in [6.07, 6.45) is -3.85. The van der Waals surface area contributed by atoms with Gasteiger partial charge in [-0.25, -0.2) is 0 Å². The van der Waals surface area contributed by atoms with E-state index in [1.54, 1.807) is 13.0 Å². The van der Waals surface area contributed by atoms with Gasteiger partial charge in [-0.05, 0) is 37.5 Å². The second kappa shape index (κ2) is 4.53. The zero-order valence-electron chi connectivity index (χ0n) is 9.29. The van der Waals surface area contributed by atoms with Gasteiger partial charge in [0.15, 0.2) is 0 Å². The summed E-state index contributed by atoms with van der Waals surface area (Å²) >= 11 is 1.43. The van der Waals surface area contributed by atoms with E-state index >= 15 is 0 Å². The standard InChI is InChI=1S/C12H13F3OS/c1-7(16)5-8-6-9-10(12(13,14)15)3-2-4-11(9)17-8/h2-4,7-8,16H,5-6H2,1H3. The molecule has 17 heavy (non-hydrogen) atoms. The van der Waals surface area contributed by atoms with E-state index in [1.807, 2.05) is 0 Å². The van der Waals surface area contributed by atoms with E-state index in [4.69, 9.17) is 0 Å². The van der Waals surface area contributed by atoms with E-state index in [0.29, 0.717) is 23.3 Å². The monoisotopic (exact) mass is 262 g/mol. The predicted octanol–water partition coefficient (Wildman–Crippen LogP) is 3.49. The van der Waals surface area contributed by atoms with Gasteiger partial charge in [-0.2, -0.15) is 13.2 Å². The molecule has 1 N–H and O–H groups in total. The predicted molar refractivity (Wildman–Crippen MR) is 61.1 cm³/mol. The van der Waals surface area contributed by atoms with E-state index in [1.165, 1.54) is 17.8 Å². The van der Waals surface area contributed by atoms with Gasteiger partial charge in [0.05, 0.1) is 11.7 Å². The largest absolute Gasteiger partial charge is 0.416 e. The zero-order chi connectivity index (χ0) is 12.6. The van der Waals surface area contributed by atoms with Crippen molar-refractivity contribution >= 4 is 11.8 Å². The normalized spacial score (nSPS) is 21.4. The van der Waals surface area contributed by atoms with Gasteiger partial charge in [-0.3, -0.25) is 0 Å². The molecule has 0 saturated carbocycles. The Bertz CT molecular complexity index is 415. The lowest BCUT2D eigenvalue weighted by molar-refractivity contribution is -0.138. The van der Waals surface area contributed by atoms with Crippen molar-refractivity contribution in [3.05, 3.63) is 29.3 Å². The molecule has 1 aliphatic rings. The minimum atomic E-state index is -4.29. The van der Waals surface area contributed by atoms with E-state index in [-0.39, 0.29) is 5.25 Å². The van der Waals surface area contributed by atoms with Gasteiger partial charge in [0.25, 0.3) is 0 Å². The van der Waals surface area contributed by atoms with Crippen molar-refractivity contribution in [3.8, 4) is 0 Å². The molecule has 1 nitrogen and oxygen atoms in total. The smallest absolute Gasteiger partial charge is 0.393 e. The highest BCUT2D eigenvalue weighted by Gasteiger charge is 2.37. The molecule has 94 valence electrons. The van der Waals surface area contributed by atoms with Crippen molar-refractivity contribution in [3.63, 3.8) is 0 Å². The average Bonchev–Trinajstić information content (AvgIpc) is 2.55. The molecule has 0 saturated heterocycles. The average molecular weight is 262 g/mol. The Morgan fingerprint density at radius 3 is 2.76 bits per heavy atom. The van der Waals surface area contributed by atoms with Crippen LogP contribution in [0.5, 0.6) is 0 Å². The Kier molecular flexibility index (Phi) is 3.41. The Morgan fingerprint density at radius 2 is 2.18 bits per heavy atom. The van der Waals surface area contributed by atoms with Crippen LogP contribution in [0.2, 0.25) is 0 Å². The van der Waals surface area contributed by atoms with E-state index in [9.17, 15) is 18.3 Å². The second-order valence-corrected chi connectivity index (χ2v) is 5.65. The SMILES string of the molecule is CC(O)CC1Cc2c(cccc2C(F)(F)F)S1. The van der Waals surface area contributed by atoms with Crippen LogP contribution in [0, 0.1) is 0 Å². The van der Waals surface area contributed by atoms with Crippen LogP contribution in [0.15, 0.2) is 23.1 Å². The number of aliphatic hydroxyl groups is 1. The van der Waals surface area contributed by atoms with Crippen molar-refractivity contribution in [1.29, 1.82) is 0 Å². The maximum Gasteiger partial charge on any atom is 0.416 e. The van der Waals surface area contributed by atoms with Gasteiger partial charge in [0.1, 0.15) is 0 Å². The third-order valence-corrected chi connectivity index (χ3v) is 4.10. The topological polar surface area (TPSA) is 20.2 Å². The number of halogens is 3. The molecule has 2 unspecified atom stereocenters. The molecule has 0 fully saturated rings. The first-order chi connectivity index (χ1) is 7.88. The number of thioether (sulfide) groups is 1. The molecule has 0 radical (unpaired) electrons. The summed E-state index contributed by atoms with van der Waals surface area (Å²) in [6.45, 7) is 1.66. The van der Waals surface area contributed by atoms with Crippen molar-refractivity contribution in [2.75, 3.05) is 0 Å². The highest BCUT2D eigenvalue weighted by molar-refractivity contribution is 8.00. The fourth-order valence-electron chi connectivity index (χ4n) is 2.11. The molecule has 1 aromatic rings. The molecule has 1 aliphatic heterocycles. The molecule has 1 aromatic carbocycles. The lowest BCUT2D eigenvalue weighted by Crippen LogP contribution is -2.13. The molecular formula is C12H13F3OS. The van der Waals surface area contributed by atoms with Crippen LogP contribution >= 0.6 is 11.8 Å². The Balaban J connectivity index is 2.26. The number of benzene rings is 1. The number of hydrogen-bond donors (Lipinski definition) is 1. The number of hydrogen-bond acceptors (Lipinski definition) is 2. The fourth-order valence-corrected chi connectivity index (χ4v) is 3.59. The molecule has 0 aliphatic carbocycles. The summed E-state index contributed by atoms with van der Waals surface area (Å²) in [7, 11) is 0. The first-order valence-corrected chi connectivity index (χ1v) is 6.29. The van der Waals surface area contributed by atoms with Gasteiger partial charge in [-0.15, -0.1) is 11.8 Å². The van der Waals surface area contributed by atoms with Crippen molar-refractivity contribution in [1.82, 2.24) is 0 Å². The Morgan fingerprint density at radius 1 is 1.47 bits per heavy atom. The molecule has 0 aromatic heterocycles. The maximum atomic E-state index is 12.8. The minimum Gasteiger partial charge on any atom is -0.393 e. The summed E-state index contributed by atoms with van der Waals surface area (Å²) < 4.78 is 38.3. The summed E-state index contributed by atoms with van der Waals surface area (Å²) in [5.41, 5.74) is -0.147. The van der Waals surface area contributed by atoms with Gasteiger partial charge in [0.2, 0.25) is 0 Å². The van der Waals surface area contributed by atoms with E-state index in [2.05, 4.69) is 0 Å². The van der Waals surface area contributed by atoms with Gasteiger partial charge >= 0.3 is 6.18 Å². The lowest BCUT2D eigenvalue weighted by atomic mass is 10.0. The highest BCUT2D eigenvalue weighted by Crippen LogP contribution is 2.44. The maximum absolute atomic E-state index is 12.8. The molecule has 0 amide bonds.